The molecule has 1 aromatic carbocycles. The van der Waals surface area contributed by atoms with Crippen LogP contribution in [-0.2, 0) is 4.79 Å². The molecule has 2 aromatic heterocycles. The van der Waals surface area contributed by atoms with Crippen LogP contribution >= 0.6 is 11.8 Å². The lowest BCUT2D eigenvalue weighted by Crippen LogP contribution is -2.24. The van der Waals surface area contributed by atoms with E-state index >= 15 is 0 Å². The number of benzene rings is 1. The summed E-state index contributed by atoms with van der Waals surface area (Å²) in [5.74, 6) is 1.30. The minimum absolute atomic E-state index is 0.105. The molecule has 27 heavy (non-hydrogen) atoms. The van der Waals surface area contributed by atoms with Crippen LogP contribution in [0.1, 0.15) is 38.8 Å². The molecule has 2 heterocycles. The van der Waals surface area contributed by atoms with Crippen molar-refractivity contribution in [2.75, 3.05) is 5.32 Å². The van der Waals surface area contributed by atoms with E-state index < -0.39 is 0 Å². The van der Waals surface area contributed by atoms with E-state index in [1.54, 1.807) is 6.20 Å². The van der Waals surface area contributed by atoms with Gasteiger partial charge in [0.2, 0.25) is 11.1 Å². The SMILES string of the molecule is CC[C@H](C)n1nccc1NC(=O)[C@@H](C)Sc1n[nH]c(-c2ccc(C)cc2)n1. The molecule has 142 valence electrons. The lowest BCUT2D eigenvalue weighted by molar-refractivity contribution is -0.115. The van der Waals surface area contributed by atoms with Crippen molar-refractivity contribution in [3.8, 4) is 11.4 Å². The molecule has 3 aromatic rings. The van der Waals surface area contributed by atoms with E-state index in [1.165, 1.54) is 17.3 Å². The molecule has 0 bridgehead atoms. The van der Waals surface area contributed by atoms with Gasteiger partial charge in [0.1, 0.15) is 5.82 Å². The summed E-state index contributed by atoms with van der Waals surface area (Å²) in [7, 11) is 0. The third-order valence-electron chi connectivity index (χ3n) is 4.37. The van der Waals surface area contributed by atoms with Crippen molar-refractivity contribution in [1.29, 1.82) is 0 Å². The summed E-state index contributed by atoms with van der Waals surface area (Å²) in [4.78, 5) is 17.0. The van der Waals surface area contributed by atoms with Crippen LogP contribution in [0.4, 0.5) is 5.82 Å². The predicted octanol–water partition coefficient (Wildman–Crippen LogP) is 4.07. The maximum absolute atomic E-state index is 12.6. The fourth-order valence-electron chi connectivity index (χ4n) is 2.52. The third kappa shape index (κ3) is 4.57. The molecule has 7 nitrogen and oxygen atoms in total. The van der Waals surface area contributed by atoms with Crippen molar-refractivity contribution in [2.24, 2.45) is 0 Å². The van der Waals surface area contributed by atoms with Crippen molar-refractivity contribution in [3.05, 3.63) is 42.1 Å². The van der Waals surface area contributed by atoms with E-state index in [0.29, 0.717) is 16.8 Å². The van der Waals surface area contributed by atoms with Crippen LogP contribution in [-0.4, -0.2) is 36.1 Å². The summed E-state index contributed by atoms with van der Waals surface area (Å²) in [6, 6.07) is 10.1. The van der Waals surface area contributed by atoms with Gasteiger partial charge in [-0.2, -0.15) is 5.10 Å². The monoisotopic (exact) mass is 384 g/mol. The molecule has 0 aliphatic rings. The molecule has 0 radical (unpaired) electrons. The average molecular weight is 385 g/mol. The van der Waals surface area contributed by atoms with Gasteiger partial charge in [-0.25, -0.2) is 9.67 Å². The largest absolute Gasteiger partial charge is 0.310 e. The molecule has 3 rings (SSSR count). The first-order chi connectivity index (χ1) is 13.0. The van der Waals surface area contributed by atoms with Gasteiger partial charge in [0, 0.05) is 11.6 Å². The molecule has 2 atom stereocenters. The van der Waals surface area contributed by atoms with Crippen molar-refractivity contribution >= 4 is 23.5 Å². The Morgan fingerprint density at radius 1 is 1.26 bits per heavy atom. The Balaban J connectivity index is 1.64. The van der Waals surface area contributed by atoms with Crippen LogP contribution in [0.5, 0.6) is 0 Å². The number of nitrogens with zero attached hydrogens (tertiary/aromatic N) is 4. The first kappa shape index (κ1) is 19.2. The molecular formula is C19H24N6OS. The molecule has 0 saturated carbocycles. The maximum atomic E-state index is 12.6. The zero-order valence-corrected chi connectivity index (χ0v) is 16.7. The van der Waals surface area contributed by atoms with Crippen molar-refractivity contribution < 1.29 is 4.79 Å². The summed E-state index contributed by atoms with van der Waals surface area (Å²) >= 11 is 1.32. The standard InChI is InChI=1S/C19H24N6OS/c1-5-13(3)25-16(10-11-20-25)21-18(26)14(4)27-19-22-17(23-24-19)15-8-6-12(2)7-9-15/h6-11,13-14H,5H2,1-4H3,(H,21,26)(H,22,23,24)/t13-,14+/m0/s1. The quantitative estimate of drug-likeness (QED) is 0.600. The highest BCUT2D eigenvalue weighted by atomic mass is 32.2. The van der Waals surface area contributed by atoms with Crippen LogP contribution in [0.3, 0.4) is 0 Å². The lowest BCUT2D eigenvalue weighted by Gasteiger charge is -2.15. The highest BCUT2D eigenvalue weighted by Crippen LogP contribution is 2.24. The number of rotatable bonds is 7. The molecular weight excluding hydrogens is 360 g/mol. The van der Waals surface area contributed by atoms with Gasteiger partial charge in [0.25, 0.3) is 0 Å². The summed E-state index contributed by atoms with van der Waals surface area (Å²) in [6.45, 7) is 8.04. The van der Waals surface area contributed by atoms with Crippen LogP contribution < -0.4 is 5.32 Å². The van der Waals surface area contributed by atoms with Gasteiger partial charge in [-0.1, -0.05) is 48.5 Å². The number of aryl methyl sites for hydroxylation is 1. The van der Waals surface area contributed by atoms with Crippen LogP contribution in [0.2, 0.25) is 0 Å². The highest BCUT2D eigenvalue weighted by Gasteiger charge is 2.19. The van der Waals surface area contributed by atoms with Crippen molar-refractivity contribution in [1.82, 2.24) is 25.0 Å². The molecule has 2 N–H and O–H groups in total. The van der Waals surface area contributed by atoms with Gasteiger partial charge in [-0.05, 0) is 27.2 Å². The van der Waals surface area contributed by atoms with Gasteiger partial charge in [0.15, 0.2) is 5.82 Å². The maximum Gasteiger partial charge on any atom is 0.238 e. The fourth-order valence-corrected chi connectivity index (χ4v) is 3.24. The number of carbonyl (C=O) groups excluding carboxylic acids is 1. The Labute approximate surface area is 163 Å². The summed E-state index contributed by atoms with van der Waals surface area (Å²) in [5.41, 5.74) is 2.16. The van der Waals surface area contributed by atoms with Crippen LogP contribution in [0, 0.1) is 6.92 Å². The lowest BCUT2D eigenvalue weighted by atomic mass is 10.1. The first-order valence-electron chi connectivity index (χ1n) is 8.98. The van der Waals surface area contributed by atoms with Gasteiger partial charge >= 0.3 is 0 Å². The van der Waals surface area contributed by atoms with E-state index in [1.807, 2.05) is 48.9 Å². The number of H-pyrrole nitrogens is 1. The minimum Gasteiger partial charge on any atom is -0.310 e. The van der Waals surface area contributed by atoms with E-state index in [4.69, 9.17) is 0 Å². The van der Waals surface area contributed by atoms with Gasteiger partial charge in [0.05, 0.1) is 17.5 Å². The molecule has 0 saturated heterocycles. The minimum atomic E-state index is -0.341. The van der Waals surface area contributed by atoms with Gasteiger partial charge < -0.3 is 5.32 Å². The molecule has 0 fully saturated rings. The Kier molecular flexibility index (Phi) is 5.95. The second-order valence-corrected chi connectivity index (χ2v) is 7.81. The molecule has 0 aliphatic heterocycles. The van der Waals surface area contributed by atoms with E-state index in [-0.39, 0.29) is 17.2 Å². The number of hydrogen-bond acceptors (Lipinski definition) is 5. The average Bonchev–Trinajstić information content (AvgIpc) is 3.31. The summed E-state index contributed by atoms with van der Waals surface area (Å²) in [6.07, 6.45) is 2.64. The smallest absolute Gasteiger partial charge is 0.238 e. The zero-order valence-electron chi connectivity index (χ0n) is 15.9. The Morgan fingerprint density at radius 3 is 2.70 bits per heavy atom. The fraction of sp³-hybridized carbons (Fsp3) is 0.368. The molecule has 0 spiro atoms. The molecule has 0 unspecified atom stereocenters. The van der Waals surface area contributed by atoms with E-state index in [0.717, 1.165) is 12.0 Å². The van der Waals surface area contributed by atoms with Gasteiger partial charge in [-0.15, -0.1) is 5.10 Å². The van der Waals surface area contributed by atoms with Crippen LogP contribution in [0.25, 0.3) is 11.4 Å². The van der Waals surface area contributed by atoms with Gasteiger partial charge in [-0.3, -0.25) is 9.89 Å². The zero-order chi connectivity index (χ0) is 19.4. The number of hydrogen-bond donors (Lipinski definition) is 2. The topological polar surface area (TPSA) is 88.5 Å². The Bertz CT molecular complexity index is 901. The first-order valence-corrected chi connectivity index (χ1v) is 9.86. The Morgan fingerprint density at radius 2 is 2.00 bits per heavy atom. The number of nitrogens with one attached hydrogen (secondary N) is 2. The second-order valence-electron chi connectivity index (χ2n) is 6.50. The second kappa shape index (κ2) is 8.39. The Hall–Kier alpha value is -2.61. The number of anilines is 1. The number of amides is 1. The summed E-state index contributed by atoms with van der Waals surface area (Å²) in [5, 5.41) is 14.6. The molecule has 1 amide bonds. The third-order valence-corrected chi connectivity index (χ3v) is 5.33. The predicted molar refractivity (Wildman–Crippen MR) is 108 cm³/mol. The molecule has 8 heteroatoms. The number of thioether (sulfide) groups is 1. The van der Waals surface area contributed by atoms with E-state index in [2.05, 4.69) is 39.4 Å². The normalized spacial score (nSPS) is 13.3. The molecule has 0 aliphatic carbocycles. The van der Waals surface area contributed by atoms with Crippen molar-refractivity contribution in [3.63, 3.8) is 0 Å². The number of aromatic nitrogens is 5. The highest BCUT2D eigenvalue weighted by molar-refractivity contribution is 8.00. The van der Waals surface area contributed by atoms with Crippen LogP contribution in [0.15, 0.2) is 41.7 Å². The van der Waals surface area contributed by atoms with E-state index in [9.17, 15) is 4.79 Å². The number of carbonyl (C=O) groups is 1. The number of aromatic amines is 1. The van der Waals surface area contributed by atoms with Crippen molar-refractivity contribution in [2.45, 2.75) is 50.6 Å². The summed E-state index contributed by atoms with van der Waals surface area (Å²) < 4.78 is 1.83.